The van der Waals surface area contributed by atoms with Gasteiger partial charge in [0.25, 0.3) is 0 Å². The molecule has 2 saturated heterocycles. The smallest absolute Gasteiger partial charge is 0.317 e. The van der Waals surface area contributed by atoms with Gasteiger partial charge >= 0.3 is 6.03 Å². The van der Waals surface area contributed by atoms with Gasteiger partial charge < -0.3 is 25.1 Å². The van der Waals surface area contributed by atoms with Crippen LogP contribution in [0.1, 0.15) is 18.4 Å². The first-order valence-electron chi connectivity index (χ1n) is 9.18. The van der Waals surface area contributed by atoms with E-state index in [1.807, 2.05) is 23.2 Å². The summed E-state index contributed by atoms with van der Waals surface area (Å²) in [6.45, 7) is 6.13. The number of carbonyl (C=O) groups is 1. The lowest BCUT2D eigenvalue weighted by molar-refractivity contribution is 0.137. The van der Waals surface area contributed by atoms with Crippen molar-refractivity contribution in [2.24, 2.45) is 5.92 Å². The lowest BCUT2D eigenvalue weighted by Crippen LogP contribution is -2.46. The lowest BCUT2D eigenvalue weighted by Gasteiger charge is -2.34. The van der Waals surface area contributed by atoms with Gasteiger partial charge in [0.05, 0.1) is 0 Å². The van der Waals surface area contributed by atoms with Gasteiger partial charge in [-0.1, -0.05) is 6.07 Å². The molecule has 3 rings (SSSR count). The van der Waals surface area contributed by atoms with Crippen LogP contribution in [0.25, 0.3) is 0 Å². The van der Waals surface area contributed by atoms with Gasteiger partial charge in [0.2, 0.25) is 0 Å². The molecule has 7 heteroatoms. The van der Waals surface area contributed by atoms with Gasteiger partial charge in [-0.05, 0) is 31.9 Å². The van der Waals surface area contributed by atoms with Crippen molar-refractivity contribution >= 4 is 11.8 Å². The van der Waals surface area contributed by atoms with Crippen LogP contribution >= 0.6 is 0 Å². The number of hydrogen-bond donors (Lipinski definition) is 2. The SMILES string of the molecule is CN1CCN(c2ncccc2CNC(=O)N2CCC(CO)CC2)CC1. The Balaban J connectivity index is 1.55. The summed E-state index contributed by atoms with van der Waals surface area (Å²) in [5, 5.41) is 12.2. The zero-order valence-electron chi connectivity index (χ0n) is 15.0. The van der Waals surface area contributed by atoms with Crippen LogP contribution in [0.3, 0.4) is 0 Å². The van der Waals surface area contributed by atoms with Crippen LogP contribution in [0.4, 0.5) is 10.6 Å². The third kappa shape index (κ3) is 4.61. The van der Waals surface area contributed by atoms with Crippen molar-refractivity contribution in [1.82, 2.24) is 20.1 Å². The van der Waals surface area contributed by atoms with Gasteiger partial charge in [0.15, 0.2) is 0 Å². The number of amides is 2. The highest BCUT2D eigenvalue weighted by atomic mass is 16.3. The number of likely N-dealkylation sites (N-methyl/N-ethyl adjacent to an activating group) is 1. The highest BCUT2D eigenvalue weighted by Gasteiger charge is 2.23. The maximum absolute atomic E-state index is 12.4. The highest BCUT2D eigenvalue weighted by Crippen LogP contribution is 2.19. The van der Waals surface area contributed by atoms with Gasteiger partial charge in [0.1, 0.15) is 5.82 Å². The molecule has 2 amide bonds. The molecule has 138 valence electrons. The van der Waals surface area contributed by atoms with Gasteiger partial charge in [-0.25, -0.2) is 9.78 Å². The number of nitrogens with one attached hydrogen (secondary N) is 1. The number of aromatic nitrogens is 1. The van der Waals surface area contributed by atoms with E-state index in [0.29, 0.717) is 12.5 Å². The van der Waals surface area contributed by atoms with Crippen molar-refractivity contribution in [3.63, 3.8) is 0 Å². The summed E-state index contributed by atoms with van der Waals surface area (Å²) in [6, 6.07) is 3.94. The molecular weight excluding hydrogens is 318 g/mol. The van der Waals surface area contributed by atoms with Crippen molar-refractivity contribution in [2.45, 2.75) is 19.4 Å². The molecule has 0 aromatic carbocycles. The molecule has 0 bridgehead atoms. The van der Waals surface area contributed by atoms with E-state index in [0.717, 1.165) is 63.5 Å². The number of aliphatic hydroxyl groups excluding tert-OH is 1. The first kappa shape index (κ1) is 17.9. The first-order valence-corrected chi connectivity index (χ1v) is 9.18. The van der Waals surface area contributed by atoms with E-state index in [4.69, 9.17) is 0 Å². The summed E-state index contributed by atoms with van der Waals surface area (Å²) < 4.78 is 0. The van der Waals surface area contributed by atoms with Crippen molar-refractivity contribution in [3.8, 4) is 0 Å². The van der Waals surface area contributed by atoms with Crippen LogP contribution in [0.2, 0.25) is 0 Å². The fourth-order valence-electron chi connectivity index (χ4n) is 3.47. The van der Waals surface area contributed by atoms with Crippen molar-refractivity contribution < 1.29 is 9.90 Å². The molecule has 7 nitrogen and oxygen atoms in total. The normalized spacial score (nSPS) is 19.9. The summed E-state index contributed by atoms with van der Waals surface area (Å²) in [5.41, 5.74) is 1.06. The number of rotatable bonds is 4. The zero-order chi connectivity index (χ0) is 17.6. The Morgan fingerprint density at radius 2 is 1.96 bits per heavy atom. The molecule has 2 N–H and O–H groups in total. The third-order valence-electron chi connectivity index (χ3n) is 5.26. The predicted octanol–water partition coefficient (Wildman–Crippen LogP) is 0.747. The molecule has 0 saturated carbocycles. The second-order valence-electron chi connectivity index (χ2n) is 7.05. The number of anilines is 1. The summed E-state index contributed by atoms with van der Waals surface area (Å²) in [7, 11) is 2.14. The van der Waals surface area contributed by atoms with Crippen molar-refractivity contribution in [3.05, 3.63) is 23.9 Å². The van der Waals surface area contributed by atoms with Gasteiger partial charge in [0, 0.05) is 64.2 Å². The second-order valence-corrected chi connectivity index (χ2v) is 7.05. The van der Waals surface area contributed by atoms with Crippen molar-refractivity contribution in [1.29, 1.82) is 0 Å². The topological polar surface area (TPSA) is 71.9 Å². The number of urea groups is 1. The van der Waals surface area contributed by atoms with Crippen LogP contribution < -0.4 is 10.2 Å². The molecule has 1 aromatic heterocycles. The molecule has 1 aromatic rings. The first-order chi connectivity index (χ1) is 12.2. The minimum atomic E-state index is -0.0235. The molecule has 0 unspecified atom stereocenters. The molecule has 0 atom stereocenters. The Kier molecular flexibility index (Phi) is 6.09. The third-order valence-corrected chi connectivity index (χ3v) is 5.26. The van der Waals surface area contributed by atoms with Gasteiger partial charge in [-0.3, -0.25) is 0 Å². The average molecular weight is 347 g/mol. The van der Waals surface area contributed by atoms with E-state index in [2.05, 4.69) is 27.1 Å². The molecule has 25 heavy (non-hydrogen) atoms. The molecule has 0 radical (unpaired) electrons. The maximum atomic E-state index is 12.4. The summed E-state index contributed by atoms with van der Waals surface area (Å²) in [5.74, 6) is 1.32. The monoisotopic (exact) mass is 347 g/mol. The molecule has 2 fully saturated rings. The second kappa shape index (κ2) is 8.49. The Hall–Kier alpha value is -1.86. The lowest BCUT2D eigenvalue weighted by atomic mass is 9.98. The van der Waals surface area contributed by atoms with Gasteiger partial charge in [-0.15, -0.1) is 0 Å². The predicted molar refractivity (Wildman–Crippen MR) is 97.6 cm³/mol. The number of aliphatic hydroxyl groups is 1. The maximum Gasteiger partial charge on any atom is 0.317 e. The number of nitrogens with zero attached hydrogens (tertiary/aromatic N) is 4. The number of pyridine rings is 1. The Morgan fingerprint density at radius 1 is 1.24 bits per heavy atom. The van der Waals surface area contributed by atoms with Crippen LogP contribution in [0.5, 0.6) is 0 Å². The summed E-state index contributed by atoms with van der Waals surface area (Å²) >= 11 is 0. The van der Waals surface area contributed by atoms with E-state index in [-0.39, 0.29) is 12.6 Å². The molecule has 2 aliphatic heterocycles. The number of hydrogen-bond acceptors (Lipinski definition) is 5. The highest BCUT2D eigenvalue weighted by molar-refractivity contribution is 5.74. The van der Waals surface area contributed by atoms with Crippen LogP contribution in [0.15, 0.2) is 18.3 Å². The number of piperidine rings is 1. The van der Waals surface area contributed by atoms with E-state index in [1.165, 1.54) is 0 Å². The molecular formula is C18H29N5O2. The molecule has 0 aliphatic carbocycles. The van der Waals surface area contributed by atoms with Crippen LogP contribution in [0, 0.1) is 5.92 Å². The van der Waals surface area contributed by atoms with Crippen molar-refractivity contribution in [2.75, 3.05) is 57.8 Å². The van der Waals surface area contributed by atoms with E-state index >= 15 is 0 Å². The Morgan fingerprint density at radius 3 is 2.64 bits per heavy atom. The number of carbonyl (C=O) groups excluding carboxylic acids is 1. The minimum Gasteiger partial charge on any atom is -0.396 e. The quantitative estimate of drug-likeness (QED) is 0.841. The minimum absolute atomic E-state index is 0.0235. The zero-order valence-corrected chi connectivity index (χ0v) is 15.0. The molecule has 2 aliphatic rings. The van der Waals surface area contributed by atoms with Gasteiger partial charge in [-0.2, -0.15) is 0 Å². The average Bonchev–Trinajstić information content (AvgIpc) is 2.67. The fourth-order valence-corrected chi connectivity index (χ4v) is 3.47. The summed E-state index contributed by atoms with van der Waals surface area (Å²) in [4.78, 5) is 23.4. The number of piperazine rings is 1. The Bertz CT molecular complexity index is 566. The number of likely N-dealkylation sites (tertiary alicyclic amines) is 1. The van der Waals surface area contributed by atoms with E-state index in [1.54, 1.807) is 0 Å². The fraction of sp³-hybridized carbons (Fsp3) is 0.667. The van der Waals surface area contributed by atoms with Crippen LogP contribution in [-0.2, 0) is 6.54 Å². The molecule has 0 spiro atoms. The largest absolute Gasteiger partial charge is 0.396 e. The molecule has 3 heterocycles. The van der Waals surface area contributed by atoms with E-state index < -0.39 is 0 Å². The van der Waals surface area contributed by atoms with E-state index in [9.17, 15) is 9.90 Å². The Labute approximate surface area is 149 Å². The standard InChI is InChI=1S/C18H29N5O2/c1-21-9-11-22(12-10-21)17-16(3-2-6-19-17)13-20-18(25)23-7-4-15(14-24)5-8-23/h2-3,6,15,24H,4-5,7-14H2,1H3,(H,20,25). The summed E-state index contributed by atoms with van der Waals surface area (Å²) in [6.07, 6.45) is 3.57. The van der Waals surface area contributed by atoms with Crippen LogP contribution in [-0.4, -0.2) is 78.8 Å².